The molecule has 106 valence electrons. The highest BCUT2D eigenvalue weighted by Crippen LogP contribution is 2.33. The molecule has 0 aliphatic rings. The summed E-state index contributed by atoms with van der Waals surface area (Å²) in [5.74, 6) is 0.894. The molecule has 1 heterocycles. The van der Waals surface area contributed by atoms with Crippen molar-refractivity contribution in [2.24, 2.45) is 4.99 Å². The lowest BCUT2D eigenvalue weighted by Crippen LogP contribution is -2.29. The number of imidazole rings is 1. The summed E-state index contributed by atoms with van der Waals surface area (Å²) in [4.78, 5) is 11.8. The molecule has 0 radical (unpaired) electrons. The maximum absolute atomic E-state index is 6.19. The molecule has 5 heteroatoms. The number of aliphatic imine (C=N–C) groups is 1. The van der Waals surface area contributed by atoms with E-state index < -0.39 is 8.32 Å². The van der Waals surface area contributed by atoms with E-state index in [2.05, 4.69) is 47.6 Å². The lowest BCUT2D eigenvalue weighted by atomic mass is 10.2. The van der Waals surface area contributed by atoms with E-state index in [1.165, 1.54) is 0 Å². The molecule has 0 unspecified atom stereocenters. The molecule has 0 aliphatic carbocycles. The number of hydrogen-bond donors (Lipinski definition) is 1. The molecule has 0 atom stereocenters. The van der Waals surface area contributed by atoms with Crippen LogP contribution < -0.4 is 4.43 Å². The summed E-state index contributed by atoms with van der Waals surface area (Å²) < 4.78 is 6.19. The van der Waals surface area contributed by atoms with Gasteiger partial charge in [-0.3, -0.25) is 0 Å². The monoisotopic (exact) mass is 287 g/mol. The molecule has 0 saturated carbocycles. The predicted octanol–water partition coefficient (Wildman–Crippen LogP) is 4.07. The second-order valence-corrected chi connectivity index (χ2v) is 10.2. The molecular weight excluding hydrogens is 266 g/mol. The van der Waals surface area contributed by atoms with Crippen LogP contribution in [0.25, 0.3) is 0 Å². The maximum atomic E-state index is 6.19. The van der Waals surface area contributed by atoms with Gasteiger partial charge in [0.05, 0.1) is 23.9 Å². The van der Waals surface area contributed by atoms with Crippen LogP contribution in [0.2, 0.25) is 19.6 Å². The van der Waals surface area contributed by atoms with Crippen LogP contribution in [-0.4, -0.2) is 24.0 Å². The zero-order valence-corrected chi connectivity index (χ0v) is 13.7. The Labute approximate surface area is 121 Å². The number of aromatic amines is 1. The Morgan fingerprint density at radius 3 is 2.65 bits per heavy atom. The summed E-state index contributed by atoms with van der Waals surface area (Å²) in [6.07, 6.45) is 3.43. The van der Waals surface area contributed by atoms with Gasteiger partial charge in [-0.25, -0.2) is 9.98 Å². The topological polar surface area (TPSA) is 50.3 Å². The Bertz CT molecular complexity index is 613. The van der Waals surface area contributed by atoms with E-state index in [9.17, 15) is 0 Å². The minimum atomic E-state index is -1.67. The van der Waals surface area contributed by atoms with Crippen LogP contribution in [0.15, 0.2) is 35.7 Å². The number of nitrogens with one attached hydrogen (secondary N) is 1. The summed E-state index contributed by atoms with van der Waals surface area (Å²) in [6, 6.07) is 6.05. The number of benzene rings is 1. The van der Waals surface area contributed by atoms with E-state index in [1.54, 1.807) is 12.5 Å². The molecule has 1 aromatic heterocycles. The number of para-hydroxylation sites is 1. The van der Waals surface area contributed by atoms with Crippen LogP contribution in [0.4, 0.5) is 5.69 Å². The number of aromatic nitrogens is 2. The van der Waals surface area contributed by atoms with Gasteiger partial charge in [0.1, 0.15) is 11.4 Å². The maximum Gasteiger partial charge on any atom is 0.242 e. The van der Waals surface area contributed by atoms with Crippen LogP contribution in [-0.2, 0) is 0 Å². The third-order valence-corrected chi connectivity index (χ3v) is 3.59. The highest BCUT2D eigenvalue weighted by atomic mass is 28.4. The van der Waals surface area contributed by atoms with Crippen LogP contribution in [0.5, 0.6) is 5.75 Å². The molecule has 2 rings (SSSR count). The normalized spacial score (nSPS) is 12.6. The molecular formula is C15H21N3OSi. The van der Waals surface area contributed by atoms with E-state index in [1.807, 2.05) is 19.1 Å². The summed E-state index contributed by atoms with van der Waals surface area (Å²) >= 11 is 0. The van der Waals surface area contributed by atoms with Crippen LogP contribution in [0.1, 0.15) is 18.2 Å². The lowest BCUT2D eigenvalue weighted by molar-refractivity contribution is 0.554. The Balaban J connectivity index is 2.42. The van der Waals surface area contributed by atoms with Crippen molar-refractivity contribution < 1.29 is 4.43 Å². The minimum Gasteiger partial charge on any atom is -0.543 e. The first-order chi connectivity index (χ1) is 9.37. The standard InChI is InChI=1S/C15H21N3OSi/c1-11-7-6-8-13(15(11)19-20(3,4)5)18-12(2)14-9-16-10-17-14/h6-10H,1-5H3,(H,16,17). The molecule has 1 N–H and O–H groups in total. The molecule has 0 fully saturated rings. The predicted molar refractivity (Wildman–Crippen MR) is 85.6 cm³/mol. The SMILES string of the molecule is CC(=Nc1cccc(C)c1O[Si](C)(C)C)c1cnc[nH]1. The second-order valence-electron chi connectivity index (χ2n) is 5.80. The Hall–Kier alpha value is -1.88. The fourth-order valence-electron chi connectivity index (χ4n) is 1.86. The number of rotatable bonds is 4. The van der Waals surface area contributed by atoms with Gasteiger partial charge in [0.15, 0.2) is 0 Å². The Morgan fingerprint density at radius 2 is 2.05 bits per heavy atom. The number of H-pyrrole nitrogens is 1. The zero-order valence-electron chi connectivity index (χ0n) is 12.7. The van der Waals surface area contributed by atoms with Gasteiger partial charge in [-0.2, -0.15) is 0 Å². The minimum absolute atomic E-state index is 0.875. The van der Waals surface area contributed by atoms with Crippen molar-refractivity contribution in [1.82, 2.24) is 9.97 Å². The molecule has 0 saturated heterocycles. The van der Waals surface area contributed by atoms with Crippen molar-refractivity contribution in [3.63, 3.8) is 0 Å². The molecule has 4 nitrogen and oxygen atoms in total. The first-order valence-corrected chi connectivity index (χ1v) is 10.1. The number of hydrogen-bond acceptors (Lipinski definition) is 3. The zero-order chi connectivity index (χ0) is 14.8. The van der Waals surface area contributed by atoms with E-state index >= 15 is 0 Å². The third kappa shape index (κ3) is 3.57. The van der Waals surface area contributed by atoms with Crippen molar-refractivity contribution in [1.29, 1.82) is 0 Å². The van der Waals surface area contributed by atoms with Gasteiger partial charge < -0.3 is 9.41 Å². The summed E-state index contributed by atoms with van der Waals surface area (Å²) in [5.41, 5.74) is 3.81. The first kappa shape index (κ1) is 14.5. The molecule has 0 spiro atoms. The van der Waals surface area contributed by atoms with Gasteiger partial charge in [-0.05, 0) is 45.1 Å². The van der Waals surface area contributed by atoms with Crippen LogP contribution >= 0.6 is 0 Å². The molecule has 1 aromatic carbocycles. The van der Waals surface area contributed by atoms with Gasteiger partial charge in [0, 0.05) is 0 Å². The highest BCUT2D eigenvalue weighted by Gasteiger charge is 2.19. The molecule has 20 heavy (non-hydrogen) atoms. The molecule has 2 aromatic rings. The van der Waals surface area contributed by atoms with Crippen molar-refractivity contribution >= 4 is 19.7 Å². The summed E-state index contributed by atoms with van der Waals surface area (Å²) in [6.45, 7) is 10.5. The fraction of sp³-hybridized carbons (Fsp3) is 0.333. The van der Waals surface area contributed by atoms with E-state index in [4.69, 9.17) is 4.43 Å². The highest BCUT2D eigenvalue weighted by molar-refractivity contribution is 6.70. The van der Waals surface area contributed by atoms with Crippen molar-refractivity contribution in [3.8, 4) is 5.75 Å². The van der Waals surface area contributed by atoms with Gasteiger partial charge in [-0.15, -0.1) is 0 Å². The summed E-state index contributed by atoms with van der Waals surface area (Å²) in [7, 11) is -1.67. The smallest absolute Gasteiger partial charge is 0.242 e. The average Bonchev–Trinajstić information content (AvgIpc) is 2.86. The van der Waals surface area contributed by atoms with Crippen molar-refractivity contribution in [2.75, 3.05) is 0 Å². The van der Waals surface area contributed by atoms with E-state index in [0.29, 0.717) is 0 Å². The summed E-state index contributed by atoms with van der Waals surface area (Å²) in [5, 5.41) is 0. The van der Waals surface area contributed by atoms with E-state index in [0.717, 1.165) is 28.4 Å². The molecule has 0 bridgehead atoms. The largest absolute Gasteiger partial charge is 0.543 e. The van der Waals surface area contributed by atoms with Gasteiger partial charge in [-0.1, -0.05) is 12.1 Å². The van der Waals surface area contributed by atoms with Gasteiger partial charge in [0.25, 0.3) is 0 Å². The van der Waals surface area contributed by atoms with Crippen LogP contribution in [0.3, 0.4) is 0 Å². The third-order valence-electron chi connectivity index (χ3n) is 2.78. The lowest BCUT2D eigenvalue weighted by Gasteiger charge is -2.22. The molecule has 0 amide bonds. The second kappa shape index (κ2) is 5.62. The first-order valence-electron chi connectivity index (χ1n) is 6.69. The van der Waals surface area contributed by atoms with Gasteiger partial charge >= 0.3 is 0 Å². The Kier molecular flexibility index (Phi) is 4.08. The van der Waals surface area contributed by atoms with Crippen LogP contribution in [0, 0.1) is 6.92 Å². The van der Waals surface area contributed by atoms with Gasteiger partial charge in [0.2, 0.25) is 8.32 Å². The Morgan fingerprint density at radius 1 is 1.30 bits per heavy atom. The quantitative estimate of drug-likeness (QED) is 0.680. The average molecular weight is 287 g/mol. The van der Waals surface area contributed by atoms with Crippen molar-refractivity contribution in [3.05, 3.63) is 42.0 Å². The van der Waals surface area contributed by atoms with E-state index in [-0.39, 0.29) is 0 Å². The fourth-order valence-corrected chi connectivity index (χ4v) is 2.74. The van der Waals surface area contributed by atoms with Crippen molar-refractivity contribution in [2.45, 2.75) is 33.5 Å². The number of aryl methyl sites for hydroxylation is 1. The number of nitrogens with zero attached hydrogens (tertiary/aromatic N) is 2. The molecule has 0 aliphatic heterocycles.